The Kier molecular flexibility index (Phi) is 3.63. The van der Waals surface area contributed by atoms with Gasteiger partial charge in [0.25, 0.3) is 0 Å². The second kappa shape index (κ2) is 5.58. The van der Waals surface area contributed by atoms with Crippen molar-refractivity contribution in [2.24, 2.45) is 0 Å². The maximum Gasteiger partial charge on any atom is 0.238 e. The molecule has 0 aromatic heterocycles. The van der Waals surface area contributed by atoms with E-state index >= 15 is 0 Å². The van der Waals surface area contributed by atoms with Gasteiger partial charge in [0.05, 0.1) is 17.4 Å². The number of benzene rings is 2. The maximum atomic E-state index is 13.0. The molecule has 1 amide bonds. The number of nitrogens with zero attached hydrogens (tertiary/aromatic N) is 2. The first kappa shape index (κ1) is 13.7. The monoisotopic (exact) mass is 298 g/mol. The number of rotatable bonds is 2. The quantitative estimate of drug-likeness (QED) is 0.852. The number of anilines is 1. The van der Waals surface area contributed by atoms with E-state index in [2.05, 4.69) is 6.07 Å². The van der Waals surface area contributed by atoms with Crippen molar-refractivity contribution in [2.75, 3.05) is 10.7 Å². The highest BCUT2D eigenvalue weighted by molar-refractivity contribution is 8.00. The van der Waals surface area contributed by atoms with Crippen molar-refractivity contribution in [3.63, 3.8) is 0 Å². The van der Waals surface area contributed by atoms with Crippen molar-refractivity contribution in [2.45, 2.75) is 5.37 Å². The normalized spacial score (nSPS) is 17.8. The molecule has 5 heteroatoms. The number of carbonyl (C=O) groups excluding carboxylic acids is 1. The Labute approximate surface area is 126 Å². The summed E-state index contributed by atoms with van der Waals surface area (Å²) in [6, 6.07) is 15.1. The molecule has 0 spiro atoms. The largest absolute Gasteiger partial charge is 0.295 e. The minimum atomic E-state index is -0.294. The van der Waals surface area contributed by atoms with Crippen LogP contribution in [0.2, 0.25) is 0 Å². The van der Waals surface area contributed by atoms with Gasteiger partial charge in [0, 0.05) is 5.69 Å². The fraction of sp³-hybridized carbons (Fsp3) is 0.125. The molecule has 2 aromatic rings. The van der Waals surface area contributed by atoms with Crippen LogP contribution in [0.4, 0.5) is 10.1 Å². The average molecular weight is 298 g/mol. The molecule has 3 rings (SSSR count). The molecule has 1 fully saturated rings. The predicted octanol–water partition coefficient (Wildman–Crippen LogP) is 3.48. The maximum absolute atomic E-state index is 13.0. The summed E-state index contributed by atoms with van der Waals surface area (Å²) in [5.41, 5.74) is 2.19. The van der Waals surface area contributed by atoms with Crippen molar-refractivity contribution in [1.82, 2.24) is 0 Å². The first-order valence-corrected chi connectivity index (χ1v) is 7.43. The van der Waals surface area contributed by atoms with Crippen LogP contribution in [0.1, 0.15) is 16.5 Å². The highest BCUT2D eigenvalue weighted by Gasteiger charge is 2.33. The van der Waals surface area contributed by atoms with Crippen LogP contribution in [0.15, 0.2) is 48.5 Å². The molecule has 0 N–H and O–H groups in total. The molecule has 1 aliphatic heterocycles. The van der Waals surface area contributed by atoms with E-state index in [0.29, 0.717) is 11.3 Å². The number of hydrogen-bond donors (Lipinski definition) is 0. The Hall–Kier alpha value is -2.32. The molecule has 1 aliphatic rings. The van der Waals surface area contributed by atoms with Crippen molar-refractivity contribution in [3.8, 4) is 6.07 Å². The highest BCUT2D eigenvalue weighted by Crippen LogP contribution is 2.41. The van der Waals surface area contributed by atoms with E-state index in [-0.39, 0.29) is 17.1 Å². The molecule has 1 atom stereocenters. The second-order valence-electron chi connectivity index (χ2n) is 4.64. The van der Waals surface area contributed by atoms with Crippen LogP contribution in [0, 0.1) is 17.1 Å². The lowest BCUT2D eigenvalue weighted by molar-refractivity contribution is -0.115. The zero-order chi connectivity index (χ0) is 14.8. The summed E-state index contributed by atoms with van der Waals surface area (Å²) in [5.74, 6) is 0.110. The van der Waals surface area contributed by atoms with Crippen LogP contribution in [-0.2, 0) is 4.79 Å². The molecule has 0 aliphatic carbocycles. The van der Waals surface area contributed by atoms with Gasteiger partial charge in [0.1, 0.15) is 11.2 Å². The first-order chi connectivity index (χ1) is 10.2. The SMILES string of the molecule is N#Cc1ccc(N2C(=O)CSC2c2ccc(F)cc2)cc1. The van der Waals surface area contributed by atoms with Gasteiger partial charge in [-0.25, -0.2) is 4.39 Å². The van der Waals surface area contributed by atoms with Gasteiger partial charge in [-0.05, 0) is 42.0 Å². The van der Waals surface area contributed by atoms with Crippen molar-refractivity contribution < 1.29 is 9.18 Å². The van der Waals surface area contributed by atoms with E-state index < -0.39 is 0 Å². The Bertz CT molecular complexity index is 707. The zero-order valence-electron chi connectivity index (χ0n) is 11.0. The number of halogens is 1. The van der Waals surface area contributed by atoms with E-state index in [1.165, 1.54) is 23.9 Å². The molecule has 0 radical (unpaired) electrons. The summed E-state index contributed by atoms with van der Waals surface area (Å²) in [4.78, 5) is 13.8. The Morgan fingerprint density at radius 3 is 2.43 bits per heavy atom. The van der Waals surface area contributed by atoms with E-state index in [9.17, 15) is 9.18 Å². The topological polar surface area (TPSA) is 44.1 Å². The standard InChI is InChI=1S/C16H11FN2OS/c17-13-5-3-12(4-6-13)16-19(15(20)10-21-16)14-7-1-11(9-18)2-8-14/h1-8,16H,10H2. The number of carbonyl (C=O) groups is 1. The summed E-state index contributed by atoms with van der Waals surface area (Å²) in [7, 11) is 0. The third kappa shape index (κ3) is 2.63. The fourth-order valence-electron chi connectivity index (χ4n) is 2.27. The van der Waals surface area contributed by atoms with E-state index in [1.54, 1.807) is 41.3 Å². The fourth-order valence-corrected chi connectivity index (χ4v) is 3.45. The van der Waals surface area contributed by atoms with Gasteiger partial charge in [-0.1, -0.05) is 12.1 Å². The van der Waals surface area contributed by atoms with Crippen LogP contribution in [0.3, 0.4) is 0 Å². The van der Waals surface area contributed by atoms with E-state index in [1.807, 2.05) is 0 Å². The van der Waals surface area contributed by atoms with Crippen LogP contribution < -0.4 is 4.90 Å². The minimum absolute atomic E-state index is 0.0130. The van der Waals surface area contributed by atoms with Gasteiger partial charge in [-0.3, -0.25) is 9.69 Å². The number of amides is 1. The first-order valence-electron chi connectivity index (χ1n) is 6.38. The van der Waals surface area contributed by atoms with Gasteiger partial charge >= 0.3 is 0 Å². The Balaban J connectivity index is 1.95. The zero-order valence-corrected chi connectivity index (χ0v) is 11.8. The number of thioether (sulfide) groups is 1. The summed E-state index contributed by atoms with van der Waals surface area (Å²) in [6.07, 6.45) is 0. The molecule has 2 aromatic carbocycles. The minimum Gasteiger partial charge on any atom is -0.295 e. The van der Waals surface area contributed by atoms with Crippen molar-refractivity contribution in [1.29, 1.82) is 5.26 Å². The lowest BCUT2D eigenvalue weighted by Crippen LogP contribution is -2.27. The van der Waals surface area contributed by atoms with Crippen molar-refractivity contribution >= 4 is 23.4 Å². The molecular formula is C16H11FN2OS. The van der Waals surface area contributed by atoms with Gasteiger partial charge in [0.2, 0.25) is 5.91 Å². The van der Waals surface area contributed by atoms with E-state index in [4.69, 9.17) is 5.26 Å². The average Bonchev–Trinajstić information content (AvgIpc) is 2.90. The summed E-state index contributed by atoms with van der Waals surface area (Å²) >= 11 is 1.51. The Morgan fingerprint density at radius 1 is 1.14 bits per heavy atom. The lowest BCUT2D eigenvalue weighted by atomic mass is 10.1. The summed E-state index contributed by atoms with van der Waals surface area (Å²) in [6.45, 7) is 0. The van der Waals surface area contributed by atoms with Gasteiger partial charge < -0.3 is 0 Å². The number of nitriles is 1. The molecule has 104 valence electrons. The van der Waals surface area contributed by atoms with Crippen LogP contribution in [-0.4, -0.2) is 11.7 Å². The third-order valence-electron chi connectivity index (χ3n) is 3.30. The highest BCUT2D eigenvalue weighted by atomic mass is 32.2. The van der Waals surface area contributed by atoms with Gasteiger partial charge in [0.15, 0.2) is 0 Å². The van der Waals surface area contributed by atoms with E-state index in [0.717, 1.165) is 11.3 Å². The lowest BCUT2D eigenvalue weighted by Gasteiger charge is -2.24. The molecular weight excluding hydrogens is 287 g/mol. The van der Waals surface area contributed by atoms with Crippen LogP contribution in [0.25, 0.3) is 0 Å². The van der Waals surface area contributed by atoms with Crippen LogP contribution >= 0.6 is 11.8 Å². The summed E-state index contributed by atoms with van der Waals surface area (Å²) in [5, 5.41) is 8.67. The van der Waals surface area contributed by atoms with Crippen molar-refractivity contribution in [3.05, 3.63) is 65.5 Å². The second-order valence-corrected chi connectivity index (χ2v) is 5.71. The molecule has 0 saturated carbocycles. The van der Waals surface area contributed by atoms with Gasteiger partial charge in [-0.2, -0.15) is 5.26 Å². The molecule has 3 nitrogen and oxygen atoms in total. The molecule has 1 unspecified atom stereocenters. The summed E-state index contributed by atoms with van der Waals surface area (Å²) < 4.78 is 13.0. The predicted molar refractivity (Wildman–Crippen MR) is 80.2 cm³/mol. The molecule has 21 heavy (non-hydrogen) atoms. The molecule has 0 bridgehead atoms. The molecule has 1 saturated heterocycles. The third-order valence-corrected chi connectivity index (χ3v) is 4.51. The van der Waals surface area contributed by atoms with Gasteiger partial charge in [-0.15, -0.1) is 11.8 Å². The smallest absolute Gasteiger partial charge is 0.238 e. The number of hydrogen-bond acceptors (Lipinski definition) is 3. The molecule has 1 heterocycles. The Morgan fingerprint density at radius 2 is 1.81 bits per heavy atom. The van der Waals surface area contributed by atoms with Crippen LogP contribution in [0.5, 0.6) is 0 Å².